The monoisotopic (exact) mass is 301 g/mol. The van der Waals surface area contributed by atoms with Crippen LogP contribution in [0.2, 0.25) is 0 Å². The van der Waals surface area contributed by atoms with Crippen molar-refractivity contribution in [2.75, 3.05) is 20.8 Å². The number of hydrogen-bond acceptors (Lipinski definition) is 4. The van der Waals surface area contributed by atoms with Gasteiger partial charge >= 0.3 is 0 Å². The molecule has 0 amide bonds. The number of hydrogen-bond donors (Lipinski definition) is 0. The van der Waals surface area contributed by atoms with Crippen molar-refractivity contribution in [2.24, 2.45) is 0 Å². The maximum atomic E-state index is 12.5. The van der Waals surface area contributed by atoms with E-state index in [1.165, 1.54) is 6.92 Å². The Hall–Kier alpha value is -2.40. The van der Waals surface area contributed by atoms with E-state index >= 15 is 0 Å². The van der Waals surface area contributed by atoms with Crippen LogP contribution in [0.3, 0.4) is 0 Å². The fraction of sp³-hybridized carbons (Fsp3) is 0.294. The van der Waals surface area contributed by atoms with Gasteiger partial charge in [0.05, 0.1) is 25.0 Å². The standard InChI is InChI=1S/C17H19NO4/c1-12(19)15-7-8-16(18(17(15)20)9-10-21-2)13-5-4-6-14(11-13)22-3/h4-8,11H,9-10H2,1-3H3. The SMILES string of the molecule is COCCn1c(-c2cccc(OC)c2)ccc(C(C)=O)c1=O. The van der Waals surface area contributed by atoms with E-state index < -0.39 is 0 Å². The summed E-state index contributed by atoms with van der Waals surface area (Å²) in [5, 5.41) is 0. The van der Waals surface area contributed by atoms with Crippen LogP contribution in [0.5, 0.6) is 5.75 Å². The van der Waals surface area contributed by atoms with Gasteiger partial charge in [-0.1, -0.05) is 12.1 Å². The number of Topliss-reactive ketones (excluding diaryl/α,β-unsaturated/α-hetero) is 1. The summed E-state index contributed by atoms with van der Waals surface area (Å²) >= 11 is 0. The van der Waals surface area contributed by atoms with Gasteiger partial charge in [-0.15, -0.1) is 0 Å². The van der Waals surface area contributed by atoms with E-state index in [9.17, 15) is 9.59 Å². The number of carbonyl (C=O) groups is 1. The number of ketones is 1. The Bertz CT molecular complexity index is 734. The summed E-state index contributed by atoms with van der Waals surface area (Å²) in [6.45, 7) is 2.16. The summed E-state index contributed by atoms with van der Waals surface area (Å²) in [4.78, 5) is 24.1. The van der Waals surface area contributed by atoms with Gasteiger partial charge in [-0.05, 0) is 31.2 Å². The fourth-order valence-corrected chi connectivity index (χ4v) is 2.29. The van der Waals surface area contributed by atoms with E-state index in [1.807, 2.05) is 24.3 Å². The normalized spacial score (nSPS) is 10.5. The molecule has 0 atom stereocenters. The number of methoxy groups -OCH3 is 2. The first kappa shape index (κ1) is 16.0. The molecule has 0 saturated carbocycles. The Balaban J connectivity index is 2.61. The number of benzene rings is 1. The molecule has 5 heteroatoms. The van der Waals surface area contributed by atoms with E-state index in [0.717, 1.165) is 11.3 Å². The lowest BCUT2D eigenvalue weighted by molar-refractivity contribution is 0.101. The number of ether oxygens (including phenoxy) is 2. The summed E-state index contributed by atoms with van der Waals surface area (Å²) < 4.78 is 11.9. The Kier molecular flexibility index (Phi) is 5.12. The van der Waals surface area contributed by atoms with Gasteiger partial charge in [0.15, 0.2) is 5.78 Å². The lowest BCUT2D eigenvalue weighted by Gasteiger charge is -2.14. The third kappa shape index (κ3) is 3.26. The molecule has 0 unspecified atom stereocenters. The van der Waals surface area contributed by atoms with Gasteiger partial charge in [0, 0.05) is 19.2 Å². The highest BCUT2D eigenvalue weighted by Crippen LogP contribution is 2.23. The fourth-order valence-electron chi connectivity index (χ4n) is 2.29. The topological polar surface area (TPSA) is 57.5 Å². The Morgan fingerprint density at radius 1 is 1.18 bits per heavy atom. The molecule has 0 fully saturated rings. The van der Waals surface area contributed by atoms with Crippen LogP contribution in [0.25, 0.3) is 11.3 Å². The van der Waals surface area contributed by atoms with E-state index in [1.54, 1.807) is 30.9 Å². The maximum Gasteiger partial charge on any atom is 0.261 e. The summed E-state index contributed by atoms with van der Waals surface area (Å²) in [6, 6.07) is 10.8. The Morgan fingerprint density at radius 2 is 1.95 bits per heavy atom. The molecule has 5 nitrogen and oxygen atoms in total. The molecular weight excluding hydrogens is 282 g/mol. The predicted octanol–water partition coefficient (Wildman–Crippen LogP) is 2.37. The number of carbonyl (C=O) groups excluding carboxylic acids is 1. The predicted molar refractivity (Wildman–Crippen MR) is 84.6 cm³/mol. The van der Waals surface area contributed by atoms with Crippen molar-refractivity contribution in [1.29, 1.82) is 0 Å². The molecule has 1 aromatic carbocycles. The highest BCUT2D eigenvalue weighted by atomic mass is 16.5. The van der Waals surface area contributed by atoms with Gasteiger partial charge < -0.3 is 14.0 Å². The molecule has 0 bridgehead atoms. The maximum absolute atomic E-state index is 12.5. The van der Waals surface area contributed by atoms with Gasteiger partial charge in [0.2, 0.25) is 0 Å². The van der Waals surface area contributed by atoms with E-state index in [0.29, 0.717) is 18.9 Å². The minimum absolute atomic E-state index is 0.183. The molecular formula is C17H19NO4. The first-order valence-corrected chi connectivity index (χ1v) is 6.96. The van der Waals surface area contributed by atoms with E-state index in [4.69, 9.17) is 9.47 Å². The first-order chi connectivity index (χ1) is 10.6. The van der Waals surface area contributed by atoms with Crippen LogP contribution >= 0.6 is 0 Å². The van der Waals surface area contributed by atoms with Crippen LogP contribution in [0.15, 0.2) is 41.2 Å². The number of rotatable bonds is 6. The van der Waals surface area contributed by atoms with Crippen molar-refractivity contribution < 1.29 is 14.3 Å². The zero-order valence-corrected chi connectivity index (χ0v) is 13.0. The Morgan fingerprint density at radius 3 is 2.59 bits per heavy atom. The molecule has 0 aliphatic carbocycles. The third-order valence-electron chi connectivity index (χ3n) is 3.44. The van der Waals surface area contributed by atoms with Gasteiger partial charge in [-0.3, -0.25) is 9.59 Å². The lowest BCUT2D eigenvalue weighted by Crippen LogP contribution is -2.28. The van der Waals surface area contributed by atoms with Crippen LogP contribution in [0, 0.1) is 0 Å². The quantitative estimate of drug-likeness (QED) is 0.769. The second-order valence-electron chi connectivity index (χ2n) is 4.87. The van der Waals surface area contributed by atoms with Crippen LogP contribution in [0.1, 0.15) is 17.3 Å². The van der Waals surface area contributed by atoms with Crippen molar-refractivity contribution in [3.8, 4) is 17.0 Å². The molecule has 0 aliphatic rings. The zero-order valence-electron chi connectivity index (χ0n) is 13.0. The van der Waals surface area contributed by atoms with Crippen molar-refractivity contribution in [3.05, 3.63) is 52.3 Å². The van der Waals surface area contributed by atoms with Crippen molar-refractivity contribution in [1.82, 2.24) is 4.57 Å². The second kappa shape index (κ2) is 7.04. The molecule has 116 valence electrons. The summed E-state index contributed by atoms with van der Waals surface area (Å²) in [7, 11) is 3.17. The first-order valence-electron chi connectivity index (χ1n) is 6.96. The van der Waals surface area contributed by atoms with Crippen molar-refractivity contribution >= 4 is 5.78 Å². The molecule has 22 heavy (non-hydrogen) atoms. The molecule has 1 aromatic heterocycles. The van der Waals surface area contributed by atoms with E-state index in [2.05, 4.69) is 0 Å². The highest BCUT2D eigenvalue weighted by Gasteiger charge is 2.13. The number of aromatic nitrogens is 1. The zero-order chi connectivity index (χ0) is 16.1. The molecule has 0 spiro atoms. The highest BCUT2D eigenvalue weighted by molar-refractivity contribution is 5.94. The van der Waals surface area contributed by atoms with E-state index in [-0.39, 0.29) is 16.9 Å². The Labute approximate surface area is 129 Å². The number of pyridine rings is 1. The molecule has 2 rings (SSSR count). The molecule has 0 aliphatic heterocycles. The molecule has 1 heterocycles. The average molecular weight is 301 g/mol. The summed E-state index contributed by atoms with van der Waals surface area (Å²) in [5.74, 6) is 0.465. The van der Waals surface area contributed by atoms with Gasteiger partial charge in [-0.2, -0.15) is 0 Å². The van der Waals surface area contributed by atoms with Crippen LogP contribution in [-0.2, 0) is 11.3 Å². The minimum Gasteiger partial charge on any atom is -0.497 e. The third-order valence-corrected chi connectivity index (χ3v) is 3.44. The van der Waals surface area contributed by atoms with Crippen molar-refractivity contribution in [3.63, 3.8) is 0 Å². The average Bonchev–Trinajstić information content (AvgIpc) is 2.53. The van der Waals surface area contributed by atoms with Gasteiger partial charge in [-0.25, -0.2) is 0 Å². The van der Waals surface area contributed by atoms with Crippen molar-refractivity contribution in [2.45, 2.75) is 13.5 Å². The van der Waals surface area contributed by atoms with Gasteiger partial charge in [0.1, 0.15) is 5.75 Å². The summed E-state index contributed by atoms with van der Waals surface area (Å²) in [5.41, 5.74) is 1.46. The van der Waals surface area contributed by atoms with Gasteiger partial charge in [0.25, 0.3) is 5.56 Å². The molecule has 0 N–H and O–H groups in total. The van der Waals surface area contributed by atoms with Crippen LogP contribution < -0.4 is 10.3 Å². The van der Waals surface area contributed by atoms with Crippen LogP contribution in [0.4, 0.5) is 0 Å². The molecule has 2 aromatic rings. The second-order valence-corrected chi connectivity index (χ2v) is 4.87. The molecule has 0 saturated heterocycles. The smallest absolute Gasteiger partial charge is 0.261 e. The van der Waals surface area contributed by atoms with Crippen LogP contribution in [-0.4, -0.2) is 31.2 Å². The number of nitrogens with zero attached hydrogens (tertiary/aromatic N) is 1. The minimum atomic E-state index is -0.301. The lowest BCUT2D eigenvalue weighted by atomic mass is 10.1. The molecule has 0 radical (unpaired) electrons. The largest absolute Gasteiger partial charge is 0.497 e. The summed E-state index contributed by atoms with van der Waals surface area (Å²) in [6.07, 6.45) is 0.